The first-order valence-electron chi connectivity index (χ1n) is 12.2. The molecule has 1 saturated heterocycles. The molecule has 0 bridgehead atoms. The van der Waals surface area contributed by atoms with E-state index in [9.17, 15) is 9.59 Å². The number of aryl methyl sites for hydroxylation is 1. The second-order valence-electron chi connectivity index (χ2n) is 9.18. The number of ether oxygens (including phenoxy) is 1. The zero-order valence-corrected chi connectivity index (χ0v) is 19.4. The number of benzene rings is 2. The summed E-state index contributed by atoms with van der Waals surface area (Å²) in [5, 5.41) is 1.03. The topological polar surface area (TPSA) is 89.0 Å². The first kappa shape index (κ1) is 22.5. The van der Waals surface area contributed by atoms with Gasteiger partial charge in [-0.1, -0.05) is 18.2 Å². The third-order valence-corrected chi connectivity index (χ3v) is 7.03. The van der Waals surface area contributed by atoms with Crippen LogP contribution in [0.2, 0.25) is 0 Å². The minimum Gasteiger partial charge on any atom is -0.493 e. The third-order valence-electron chi connectivity index (χ3n) is 7.03. The molecular formula is C27H31N3O4. The number of hydrogen-bond donors (Lipinski definition) is 1. The fourth-order valence-corrected chi connectivity index (χ4v) is 5.34. The fraction of sp³-hybridized carbons (Fsp3) is 0.407. The molecule has 2 heterocycles. The van der Waals surface area contributed by atoms with E-state index in [-0.39, 0.29) is 11.7 Å². The van der Waals surface area contributed by atoms with Crippen LogP contribution in [0.25, 0.3) is 11.0 Å². The van der Waals surface area contributed by atoms with Gasteiger partial charge in [-0.3, -0.25) is 4.90 Å². The number of urea groups is 1. The molecule has 0 unspecified atom stereocenters. The number of para-hydroxylation sites is 1. The molecule has 5 rings (SSSR count). The van der Waals surface area contributed by atoms with Gasteiger partial charge in [0.25, 0.3) is 0 Å². The summed E-state index contributed by atoms with van der Waals surface area (Å²) in [6.45, 7) is 3.38. The number of hydrogen-bond acceptors (Lipinski definition) is 5. The Morgan fingerprint density at radius 1 is 1.09 bits per heavy atom. The van der Waals surface area contributed by atoms with Gasteiger partial charge in [0, 0.05) is 48.4 Å². The average Bonchev–Trinajstić information content (AvgIpc) is 3.34. The van der Waals surface area contributed by atoms with Crippen LogP contribution in [0.15, 0.2) is 57.7 Å². The van der Waals surface area contributed by atoms with Gasteiger partial charge in [0.15, 0.2) is 0 Å². The van der Waals surface area contributed by atoms with Gasteiger partial charge in [0.2, 0.25) is 0 Å². The number of likely N-dealkylation sites (tertiary alicyclic amines) is 1. The van der Waals surface area contributed by atoms with Crippen molar-refractivity contribution in [1.82, 2.24) is 4.90 Å². The molecule has 2 N–H and O–H groups in total. The van der Waals surface area contributed by atoms with E-state index in [0.29, 0.717) is 12.2 Å². The molecule has 2 amide bonds. The van der Waals surface area contributed by atoms with E-state index in [2.05, 4.69) is 4.90 Å². The van der Waals surface area contributed by atoms with Crippen molar-refractivity contribution in [2.24, 2.45) is 5.73 Å². The molecule has 0 atom stereocenters. The van der Waals surface area contributed by atoms with Crippen LogP contribution in [0, 0.1) is 0 Å². The Morgan fingerprint density at radius 3 is 2.62 bits per heavy atom. The Labute approximate surface area is 199 Å². The molecule has 3 aromatic rings. The van der Waals surface area contributed by atoms with Crippen molar-refractivity contribution >= 4 is 22.7 Å². The number of fused-ring (bicyclic) bond motifs is 3. The van der Waals surface area contributed by atoms with Crippen molar-refractivity contribution in [3.05, 3.63) is 70.1 Å². The average molecular weight is 462 g/mol. The number of piperidine rings is 1. The van der Waals surface area contributed by atoms with E-state index in [1.54, 1.807) is 4.90 Å². The Bertz CT molecular complexity index is 1220. The standard InChI is InChI=1S/C27H31N3O4/c28-27(32)30(19-6-2-1-3-7-19)20-12-15-29(16-13-20)14-5-17-33-21-10-11-23-22-8-4-9-24(22)26(31)34-25(23)18-21/h1-3,6-7,10-11,18,20H,4-5,8-9,12-17H2,(H2,28,32). The van der Waals surface area contributed by atoms with Gasteiger partial charge in [-0.15, -0.1) is 0 Å². The predicted molar refractivity (Wildman–Crippen MR) is 133 cm³/mol. The maximum absolute atomic E-state index is 12.2. The molecule has 0 saturated carbocycles. The monoisotopic (exact) mass is 461 g/mol. The molecule has 1 aliphatic heterocycles. The van der Waals surface area contributed by atoms with E-state index in [0.717, 1.165) is 86.1 Å². The summed E-state index contributed by atoms with van der Waals surface area (Å²) < 4.78 is 11.5. The maximum Gasteiger partial charge on any atom is 0.339 e. The van der Waals surface area contributed by atoms with Gasteiger partial charge in [0.1, 0.15) is 11.3 Å². The second-order valence-corrected chi connectivity index (χ2v) is 9.18. The maximum atomic E-state index is 12.2. The minimum absolute atomic E-state index is 0.126. The number of amides is 2. The largest absolute Gasteiger partial charge is 0.493 e. The van der Waals surface area contributed by atoms with Crippen LogP contribution in [0.1, 0.15) is 36.8 Å². The smallest absolute Gasteiger partial charge is 0.339 e. The van der Waals surface area contributed by atoms with Crippen LogP contribution in [-0.2, 0) is 12.8 Å². The normalized spacial score (nSPS) is 16.5. The van der Waals surface area contributed by atoms with Crippen molar-refractivity contribution in [3.63, 3.8) is 0 Å². The highest BCUT2D eigenvalue weighted by molar-refractivity contribution is 5.91. The zero-order valence-electron chi connectivity index (χ0n) is 19.4. The van der Waals surface area contributed by atoms with Crippen LogP contribution in [0.3, 0.4) is 0 Å². The molecule has 0 spiro atoms. The van der Waals surface area contributed by atoms with Gasteiger partial charge in [-0.2, -0.15) is 0 Å². The Balaban J connectivity index is 1.11. The summed E-state index contributed by atoms with van der Waals surface area (Å²) in [7, 11) is 0. The van der Waals surface area contributed by atoms with Gasteiger partial charge in [0.05, 0.1) is 6.61 Å². The molecule has 1 fully saturated rings. The number of anilines is 1. The van der Waals surface area contributed by atoms with Crippen molar-refractivity contribution in [3.8, 4) is 5.75 Å². The Kier molecular flexibility index (Phi) is 6.54. The van der Waals surface area contributed by atoms with Gasteiger partial charge in [-0.25, -0.2) is 9.59 Å². The van der Waals surface area contributed by atoms with E-state index < -0.39 is 6.03 Å². The van der Waals surface area contributed by atoms with Gasteiger partial charge >= 0.3 is 11.7 Å². The van der Waals surface area contributed by atoms with Gasteiger partial charge < -0.3 is 19.8 Å². The predicted octanol–water partition coefficient (Wildman–Crippen LogP) is 4.10. The number of primary amides is 1. The number of carbonyl (C=O) groups is 1. The van der Waals surface area contributed by atoms with Crippen molar-refractivity contribution in [1.29, 1.82) is 0 Å². The number of rotatable bonds is 7. The highest BCUT2D eigenvalue weighted by Crippen LogP contribution is 2.30. The fourth-order valence-electron chi connectivity index (χ4n) is 5.34. The molecule has 34 heavy (non-hydrogen) atoms. The molecule has 178 valence electrons. The van der Waals surface area contributed by atoms with Gasteiger partial charge in [-0.05, 0) is 68.4 Å². The Hall–Kier alpha value is -3.32. The second kappa shape index (κ2) is 9.89. The number of nitrogens with zero attached hydrogens (tertiary/aromatic N) is 2. The summed E-state index contributed by atoms with van der Waals surface area (Å²) in [5.41, 5.74) is 8.94. The lowest BCUT2D eigenvalue weighted by atomic mass is 10.0. The van der Waals surface area contributed by atoms with Crippen LogP contribution in [0.4, 0.5) is 10.5 Å². The summed E-state index contributed by atoms with van der Waals surface area (Å²) in [6.07, 6.45) is 5.46. The van der Waals surface area contributed by atoms with Crippen LogP contribution in [-0.4, -0.2) is 43.2 Å². The third kappa shape index (κ3) is 4.66. The lowest BCUT2D eigenvalue weighted by molar-refractivity contribution is 0.189. The van der Waals surface area contributed by atoms with E-state index in [4.69, 9.17) is 14.9 Å². The van der Waals surface area contributed by atoms with Crippen molar-refractivity contribution in [2.45, 2.75) is 44.6 Å². The first-order chi connectivity index (χ1) is 16.6. The summed E-state index contributed by atoms with van der Waals surface area (Å²) in [6, 6.07) is 15.2. The lowest BCUT2D eigenvalue weighted by Gasteiger charge is -2.37. The zero-order chi connectivity index (χ0) is 23.5. The lowest BCUT2D eigenvalue weighted by Crippen LogP contribution is -2.49. The number of nitrogens with two attached hydrogens (primary N) is 1. The minimum atomic E-state index is -0.394. The first-order valence-corrected chi connectivity index (χ1v) is 12.2. The van der Waals surface area contributed by atoms with Crippen molar-refractivity contribution < 1.29 is 13.9 Å². The summed E-state index contributed by atoms with van der Waals surface area (Å²) in [4.78, 5) is 28.4. The van der Waals surface area contributed by atoms with E-state index >= 15 is 0 Å². The Morgan fingerprint density at radius 2 is 1.85 bits per heavy atom. The van der Waals surface area contributed by atoms with Crippen LogP contribution < -0.4 is 21.0 Å². The highest BCUT2D eigenvalue weighted by atomic mass is 16.5. The van der Waals surface area contributed by atoms with Crippen LogP contribution >= 0.6 is 0 Å². The molecule has 2 aliphatic rings. The summed E-state index contributed by atoms with van der Waals surface area (Å²) >= 11 is 0. The molecule has 7 heteroatoms. The molecule has 1 aromatic heterocycles. The number of carbonyl (C=O) groups excluding carboxylic acids is 1. The molecule has 1 aliphatic carbocycles. The molecular weight excluding hydrogens is 430 g/mol. The van der Waals surface area contributed by atoms with E-state index in [1.807, 2.05) is 48.5 Å². The van der Waals surface area contributed by atoms with Crippen molar-refractivity contribution in [2.75, 3.05) is 31.1 Å². The molecule has 2 aromatic carbocycles. The quantitative estimate of drug-likeness (QED) is 0.423. The highest BCUT2D eigenvalue weighted by Gasteiger charge is 2.27. The molecule has 7 nitrogen and oxygen atoms in total. The summed E-state index contributed by atoms with van der Waals surface area (Å²) in [5.74, 6) is 0.729. The SMILES string of the molecule is NC(=O)N(c1ccccc1)C1CCN(CCCOc2ccc3c4c(c(=O)oc3c2)CCC4)CC1. The van der Waals surface area contributed by atoms with Crippen LogP contribution in [0.5, 0.6) is 5.75 Å². The van der Waals surface area contributed by atoms with E-state index in [1.165, 1.54) is 0 Å². The molecule has 0 radical (unpaired) electrons.